The summed E-state index contributed by atoms with van der Waals surface area (Å²) in [5.74, 6) is 1.16. The van der Waals surface area contributed by atoms with E-state index < -0.39 is 6.10 Å². The van der Waals surface area contributed by atoms with Crippen LogP contribution >= 0.6 is 11.3 Å². The molecule has 0 saturated carbocycles. The molecule has 1 fully saturated rings. The van der Waals surface area contributed by atoms with Crippen molar-refractivity contribution in [3.05, 3.63) is 122 Å². The number of aliphatic hydroxyl groups is 1. The minimum absolute atomic E-state index is 0.0285. The van der Waals surface area contributed by atoms with E-state index in [1.54, 1.807) is 23.5 Å². The van der Waals surface area contributed by atoms with Crippen LogP contribution in [0.5, 0.6) is 17.2 Å². The lowest BCUT2D eigenvalue weighted by Crippen LogP contribution is -2.41. The van der Waals surface area contributed by atoms with Gasteiger partial charge in [-0.25, -0.2) is 0 Å². The van der Waals surface area contributed by atoms with Gasteiger partial charge in [0.1, 0.15) is 17.2 Å². The summed E-state index contributed by atoms with van der Waals surface area (Å²) in [5.41, 5.74) is 3.82. The molecule has 46 heavy (non-hydrogen) atoms. The Labute approximate surface area is 272 Å². The number of aliphatic hydroxyl groups excluding tert-OH is 1. The molecule has 9 heteroatoms. The van der Waals surface area contributed by atoms with E-state index in [2.05, 4.69) is 45.8 Å². The van der Waals surface area contributed by atoms with Gasteiger partial charge in [-0.2, -0.15) is 0 Å². The molecule has 1 aliphatic rings. The van der Waals surface area contributed by atoms with E-state index in [1.807, 2.05) is 36.4 Å². The summed E-state index contributed by atoms with van der Waals surface area (Å²) < 4.78 is 6.04. The van der Waals surface area contributed by atoms with Gasteiger partial charge in [-0.3, -0.25) is 4.79 Å². The Morgan fingerprint density at radius 3 is 2.50 bits per heavy atom. The molecule has 3 aromatic carbocycles. The smallest absolute Gasteiger partial charge is 0.248 e. The van der Waals surface area contributed by atoms with Gasteiger partial charge in [0.05, 0.1) is 18.2 Å². The predicted octanol–water partition coefficient (Wildman–Crippen LogP) is 5.85. The number of benzene rings is 3. The fraction of sp³-hybridized carbons (Fsp3) is 0.324. The first kappa shape index (κ1) is 31.8. The molecule has 0 amide bonds. The highest BCUT2D eigenvalue weighted by Gasteiger charge is 2.40. The van der Waals surface area contributed by atoms with Crippen molar-refractivity contribution in [2.75, 3.05) is 33.3 Å². The number of nitrogens with zero attached hydrogens (tertiary/aromatic N) is 1. The van der Waals surface area contributed by atoms with Gasteiger partial charge in [-0.05, 0) is 104 Å². The summed E-state index contributed by atoms with van der Waals surface area (Å²) in [6, 6.07) is 24.5. The Morgan fingerprint density at radius 2 is 1.74 bits per heavy atom. The number of aromatic hydroxyl groups is 2. The van der Waals surface area contributed by atoms with E-state index in [0.717, 1.165) is 55.6 Å². The monoisotopic (exact) mass is 639 g/mol. The number of aryl methyl sites for hydroxylation is 1. The Balaban J connectivity index is 0.993. The first-order chi connectivity index (χ1) is 22.3. The van der Waals surface area contributed by atoms with E-state index in [9.17, 15) is 20.1 Å². The number of nitrogens with one attached hydrogen (secondary N) is 2. The second-order valence-corrected chi connectivity index (χ2v) is 13.2. The predicted molar refractivity (Wildman–Crippen MR) is 183 cm³/mol. The average Bonchev–Trinajstić information content (AvgIpc) is 3.61. The van der Waals surface area contributed by atoms with Gasteiger partial charge >= 0.3 is 0 Å². The van der Waals surface area contributed by atoms with Crippen LogP contribution in [0.2, 0.25) is 0 Å². The van der Waals surface area contributed by atoms with Gasteiger partial charge in [0, 0.05) is 40.4 Å². The van der Waals surface area contributed by atoms with E-state index >= 15 is 0 Å². The van der Waals surface area contributed by atoms with Gasteiger partial charge in [0.25, 0.3) is 0 Å². The first-order valence-electron chi connectivity index (χ1n) is 15.8. The second kappa shape index (κ2) is 14.1. The van der Waals surface area contributed by atoms with Gasteiger partial charge in [0.15, 0.2) is 0 Å². The maximum absolute atomic E-state index is 11.7. The van der Waals surface area contributed by atoms with Crippen LogP contribution in [-0.4, -0.2) is 58.5 Å². The number of fused-ring (bicyclic) bond motifs is 1. The molecule has 8 nitrogen and oxygen atoms in total. The van der Waals surface area contributed by atoms with Crippen molar-refractivity contribution in [3.8, 4) is 17.2 Å². The molecule has 5 N–H and O–H groups in total. The van der Waals surface area contributed by atoms with Crippen LogP contribution in [0.4, 0.5) is 0 Å². The number of aromatic nitrogens is 1. The molecule has 1 atom stereocenters. The number of phenols is 2. The van der Waals surface area contributed by atoms with Crippen LogP contribution in [0.25, 0.3) is 10.9 Å². The Kier molecular flexibility index (Phi) is 9.75. The number of thiophene rings is 1. The zero-order chi connectivity index (χ0) is 32.1. The molecule has 1 aliphatic heterocycles. The number of rotatable bonds is 12. The normalized spacial score (nSPS) is 15.6. The highest BCUT2D eigenvalue weighted by molar-refractivity contribution is 7.10. The van der Waals surface area contributed by atoms with Crippen molar-refractivity contribution in [3.63, 3.8) is 0 Å². The summed E-state index contributed by atoms with van der Waals surface area (Å²) in [6.07, 6.45) is 2.90. The average molecular weight is 640 g/mol. The molecule has 0 unspecified atom stereocenters. The van der Waals surface area contributed by atoms with Gasteiger partial charge in [-0.15, -0.1) is 11.3 Å². The van der Waals surface area contributed by atoms with Crippen molar-refractivity contribution < 1.29 is 20.1 Å². The first-order valence-corrected chi connectivity index (χ1v) is 16.7. The van der Waals surface area contributed by atoms with Crippen molar-refractivity contribution in [1.82, 2.24) is 15.2 Å². The lowest BCUT2D eigenvalue weighted by molar-refractivity contribution is 0.176. The van der Waals surface area contributed by atoms with Crippen LogP contribution in [0.15, 0.2) is 89.0 Å². The molecular formula is C37H41N3O5S. The zero-order valence-electron chi connectivity index (χ0n) is 26.0. The number of hydrogen-bond acceptors (Lipinski definition) is 8. The summed E-state index contributed by atoms with van der Waals surface area (Å²) in [7, 11) is 2.17. The molecule has 3 heterocycles. The van der Waals surface area contributed by atoms with E-state index in [4.69, 9.17) is 4.74 Å². The molecule has 0 bridgehead atoms. The quantitative estimate of drug-likeness (QED) is 0.109. The lowest BCUT2D eigenvalue weighted by Gasteiger charge is -2.41. The van der Waals surface area contributed by atoms with Crippen molar-refractivity contribution >= 4 is 22.2 Å². The number of H-pyrrole nitrogens is 1. The molecule has 1 saturated heterocycles. The number of aromatic amines is 1. The number of pyridine rings is 1. The maximum atomic E-state index is 11.7. The van der Waals surface area contributed by atoms with Crippen molar-refractivity contribution in [1.29, 1.82) is 0 Å². The molecule has 0 aliphatic carbocycles. The van der Waals surface area contributed by atoms with Crippen LogP contribution < -0.4 is 15.6 Å². The number of likely N-dealkylation sites (tertiary alicyclic amines) is 1. The minimum Gasteiger partial charge on any atom is -0.508 e. The van der Waals surface area contributed by atoms with E-state index in [1.165, 1.54) is 22.6 Å². The summed E-state index contributed by atoms with van der Waals surface area (Å²) in [6.45, 7) is 3.48. The highest BCUT2D eigenvalue weighted by Crippen LogP contribution is 2.47. The van der Waals surface area contributed by atoms with Gasteiger partial charge < -0.3 is 35.3 Å². The Hall–Kier alpha value is -4.15. The SMILES string of the molecule is CN1CCC(c2cccs2)(c2cc(CCCOc3ccc(CNC[C@H](O)c4ccc(O)c5[nH]c(=O)ccc45)cc3)ccc2O)CC1. The maximum Gasteiger partial charge on any atom is 0.248 e. The molecule has 240 valence electrons. The fourth-order valence-corrected chi connectivity index (χ4v) is 7.50. The van der Waals surface area contributed by atoms with Crippen molar-refractivity contribution in [2.24, 2.45) is 0 Å². The molecule has 5 aromatic rings. The summed E-state index contributed by atoms with van der Waals surface area (Å²) >= 11 is 1.78. The van der Waals surface area contributed by atoms with Gasteiger partial charge in [-0.1, -0.05) is 36.4 Å². The zero-order valence-corrected chi connectivity index (χ0v) is 26.9. The van der Waals surface area contributed by atoms with Crippen LogP contribution in [-0.2, 0) is 18.4 Å². The standard InChI is InChI=1S/C37H41N3O5S/c1-40-18-16-37(17-19-40,34-5-3-21-46-34)30-22-25(8-13-31(30)41)4-2-20-45-27-9-6-26(7-10-27)23-38-24-33(43)28-11-14-32(42)36-29(28)12-15-35(44)39-36/h3,5-15,21-22,33,38,41-43H,2,4,16-20,23-24H2,1H3,(H,39,44)/t33-/m0/s1. The largest absolute Gasteiger partial charge is 0.508 e. The molecule has 2 aromatic heterocycles. The summed E-state index contributed by atoms with van der Waals surface area (Å²) in [4.78, 5) is 18.0. The Morgan fingerprint density at radius 1 is 0.978 bits per heavy atom. The third kappa shape index (κ3) is 6.98. The number of piperidine rings is 1. The second-order valence-electron chi connectivity index (χ2n) is 12.2. The van der Waals surface area contributed by atoms with Crippen LogP contribution in [0, 0.1) is 0 Å². The fourth-order valence-electron chi connectivity index (χ4n) is 6.50. The molecule has 0 radical (unpaired) electrons. The third-order valence-electron chi connectivity index (χ3n) is 9.14. The molecule has 6 rings (SSSR count). The minimum atomic E-state index is -0.813. The van der Waals surface area contributed by atoms with Crippen molar-refractivity contribution in [2.45, 2.75) is 43.7 Å². The van der Waals surface area contributed by atoms with E-state index in [-0.39, 0.29) is 16.7 Å². The van der Waals surface area contributed by atoms with Crippen LogP contribution in [0.1, 0.15) is 52.5 Å². The number of hydrogen-bond donors (Lipinski definition) is 5. The summed E-state index contributed by atoms with van der Waals surface area (Å²) in [5, 5.41) is 37.9. The lowest BCUT2D eigenvalue weighted by atomic mass is 9.71. The highest BCUT2D eigenvalue weighted by atomic mass is 32.1. The molecule has 0 spiro atoms. The van der Waals surface area contributed by atoms with Gasteiger partial charge in [0.2, 0.25) is 5.56 Å². The Bertz CT molecular complexity index is 1810. The third-order valence-corrected chi connectivity index (χ3v) is 10.2. The number of ether oxygens (including phenoxy) is 1. The topological polar surface area (TPSA) is 118 Å². The number of phenolic OH excluding ortho intramolecular Hbond substituents is 2. The van der Waals surface area contributed by atoms with E-state index in [0.29, 0.717) is 41.9 Å². The molecular weight excluding hydrogens is 598 g/mol. The van der Waals surface area contributed by atoms with Crippen LogP contribution in [0.3, 0.4) is 0 Å².